The molecule has 0 aliphatic carbocycles. The van der Waals surface area contributed by atoms with Gasteiger partial charge in [0.15, 0.2) is 0 Å². The Morgan fingerprint density at radius 1 is 1.28 bits per heavy atom. The number of ether oxygens (including phenoxy) is 1. The van der Waals surface area contributed by atoms with Crippen LogP contribution in [0.1, 0.15) is 16.9 Å². The summed E-state index contributed by atoms with van der Waals surface area (Å²) in [5, 5.41) is 12.3. The van der Waals surface area contributed by atoms with Crippen molar-refractivity contribution in [1.29, 1.82) is 0 Å². The maximum absolute atomic E-state index is 10.2. The first-order valence-corrected chi connectivity index (χ1v) is 7.16. The van der Waals surface area contributed by atoms with E-state index >= 15 is 0 Å². The Morgan fingerprint density at radius 3 is 2.94 bits per heavy atom. The van der Waals surface area contributed by atoms with Gasteiger partial charge in [0.2, 0.25) is 0 Å². The molecule has 1 aliphatic rings. The van der Waals surface area contributed by atoms with E-state index in [1.807, 2.05) is 24.3 Å². The number of rotatable bonds is 4. The number of thiophene rings is 1. The lowest BCUT2D eigenvalue weighted by Gasteiger charge is -2.17. The molecular weight excluding hydrogens is 244 g/mol. The molecule has 0 amide bonds. The van der Waals surface area contributed by atoms with Gasteiger partial charge in [0.05, 0.1) is 6.10 Å². The Labute approximate surface area is 111 Å². The Morgan fingerprint density at radius 2 is 2.17 bits per heavy atom. The first-order valence-electron chi connectivity index (χ1n) is 6.28. The fraction of sp³-hybridized carbons (Fsp3) is 0.333. The van der Waals surface area contributed by atoms with E-state index in [4.69, 9.17) is 4.74 Å². The highest BCUT2D eigenvalue weighted by Gasteiger charge is 2.28. The zero-order valence-corrected chi connectivity index (χ0v) is 10.9. The Balaban J connectivity index is 1.57. The van der Waals surface area contributed by atoms with Gasteiger partial charge >= 0.3 is 0 Å². The molecule has 1 aromatic heterocycles. The number of aliphatic hydroxyl groups excluding tert-OH is 1. The fourth-order valence-corrected chi connectivity index (χ4v) is 3.08. The van der Waals surface area contributed by atoms with Crippen molar-refractivity contribution < 1.29 is 9.84 Å². The summed E-state index contributed by atoms with van der Waals surface area (Å²) in [6.07, 6.45) is 2.04. The van der Waals surface area contributed by atoms with Crippen LogP contribution >= 0.6 is 11.3 Å². The molecule has 18 heavy (non-hydrogen) atoms. The Kier molecular flexibility index (Phi) is 3.35. The van der Waals surface area contributed by atoms with Crippen molar-refractivity contribution in [3.63, 3.8) is 0 Å². The van der Waals surface area contributed by atoms with Crippen molar-refractivity contribution in [2.45, 2.75) is 31.5 Å². The summed E-state index contributed by atoms with van der Waals surface area (Å²) in [6.45, 7) is 0. The lowest BCUT2D eigenvalue weighted by Crippen LogP contribution is -2.30. The number of benzene rings is 1. The van der Waals surface area contributed by atoms with Gasteiger partial charge in [-0.15, -0.1) is 11.3 Å². The van der Waals surface area contributed by atoms with E-state index < -0.39 is 0 Å². The molecule has 2 unspecified atom stereocenters. The van der Waals surface area contributed by atoms with E-state index in [1.165, 1.54) is 10.4 Å². The maximum atomic E-state index is 10.2. The molecule has 0 bridgehead atoms. The van der Waals surface area contributed by atoms with Gasteiger partial charge in [-0.25, -0.2) is 0 Å². The lowest BCUT2D eigenvalue weighted by molar-refractivity contribution is 0.0444. The maximum Gasteiger partial charge on any atom is 0.129 e. The molecular formula is C15H16O2S. The zero-order valence-electron chi connectivity index (χ0n) is 10.1. The van der Waals surface area contributed by atoms with Crippen LogP contribution in [-0.2, 0) is 12.8 Å². The molecule has 3 heteroatoms. The number of hydrogen-bond donors (Lipinski definition) is 1. The highest BCUT2D eigenvalue weighted by atomic mass is 32.1. The fourth-order valence-electron chi connectivity index (χ4n) is 2.35. The monoisotopic (exact) mass is 260 g/mol. The van der Waals surface area contributed by atoms with Crippen molar-refractivity contribution in [2.75, 3.05) is 0 Å². The number of fused-ring (bicyclic) bond motifs is 1. The first kappa shape index (κ1) is 11.8. The summed E-state index contributed by atoms with van der Waals surface area (Å²) in [6, 6.07) is 12.2. The van der Waals surface area contributed by atoms with Gasteiger partial charge in [-0.3, -0.25) is 0 Å². The van der Waals surface area contributed by atoms with Crippen LogP contribution in [0.2, 0.25) is 0 Å². The molecule has 0 fully saturated rings. The highest BCUT2D eigenvalue weighted by Crippen LogP contribution is 2.30. The van der Waals surface area contributed by atoms with E-state index in [2.05, 4.69) is 17.5 Å². The number of hydrogen-bond acceptors (Lipinski definition) is 3. The van der Waals surface area contributed by atoms with Gasteiger partial charge in [0.1, 0.15) is 11.9 Å². The van der Waals surface area contributed by atoms with Crippen molar-refractivity contribution in [3.05, 3.63) is 52.2 Å². The van der Waals surface area contributed by atoms with E-state index in [-0.39, 0.29) is 12.2 Å². The predicted molar refractivity (Wildman–Crippen MR) is 73.2 cm³/mol. The molecule has 2 atom stereocenters. The van der Waals surface area contributed by atoms with E-state index in [0.717, 1.165) is 25.0 Å². The molecule has 1 aliphatic heterocycles. The van der Waals surface area contributed by atoms with Crippen LogP contribution in [0.15, 0.2) is 41.8 Å². The number of para-hydroxylation sites is 1. The van der Waals surface area contributed by atoms with Gasteiger partial charge in [-0.05, 0) is 35.9 Å². The second-order valence-electron chi connectivity index (χ2n) is 4.65. The number of aryl methyl sites for hydroxylation is 1. The van der Waals surface area contributed by atoms with Gasteiger partial charge < -0.3 is 9.84 Å². The molecule has 0 radical (unpaired) electrons. The molecule has 2 aromatic rings. The third-order valence-corrected chi connectivity index (χ3v) is 4.30. The SMILES string of the molecule is OC(CCc1cccs1)C1Cc2ccccc2O1. The summed E-state index contributed by atoms with van der Waals surface area (Å²) >= 11 is 1.74. The smallest absolute Gasteiger partial charge is 0.129 e. The summed E-state index contributed by atoms with van der Waals surface area (Å²) in [7, 11) is 0. The van der Waals surface area contributed by atoms with Gasteiger partial charge in [-0.2, -0.15) is 0 Å². The molecule has 3 rings (SSSR count). The quantitative estimate of drug-likeness (QED) is 0.915. The van der Waals surface area contributed by atoms with Crippen LogP contribution in [0.4, 0.5) is 0 Å². The topological polar surface area (TPSA) is 29.5 Å². The zero-order chi connectivity index (χ0) is 12.4. The van der Waals surface area contributed by atoms with Gasteiger partial charge in [0.25, 0.3) is 0 Å². The standard InChI is InChI=1S/C15H16O2S/c16-13(8-7-12-5-3-9-18-12)15-10-11-4-1-2-6-14(11)17-15/h1-6,9,13,15-16H,7-8,10H2. The Hall–Kier alpha value is -1.32. The van der Waals surface area contributed by atoms with E-state index in [9.17, 15) is 5.11 Å². The van der Waals surface area contributed by atoms with Crippen LogP contribution in [0.5, 0.6) is 5.75 Å². The largest absolute Gasteiger partial charge is 0.487 e. The summed E-state index contributed by atoms with van der Waals surface area (Å²) in [5.41, 5.74) is 1.21. The van der Waals surface area contributed by atoms with Crippen molar-refractivity contribution in [2.24, 2.45) is 0 Å². The van der Waals surface area contributed by atoms with E-state index in [0.29, 0.717) is 0 Å². The summed E-state index contributed by atoms with van der Waals surface area (Å²) in [5.74, 6) is 0.928. The molecule has 2 heterocycles. The third-order valence-electron chi connectivity index (χ3n) is 3.37. The summed E-state index contributed by atoms with van der Waals surface area (Å²) < 4.78 is 5.79. The summed E-state index contributed by atoms with van der Waals surface area (Å²) in [4.78, 5) is 1.32. The van der Waals surface area contributed by atoms with Crippen LogP contribution in [0, 0.1) is 0 Å². The second-order valence-corrected chi connectivity index (χ2v) is 5.69. The van der Waals surface area contributed by atoms with Crippen LogP contribution in [-0.4, -0.2) is 17.3 Å². The average Bonchev–Trinajstić information content (AvgIpc) is 3.04. The first-order chi connectivity index (χ1) is 8.83. The second kappa shape index (κ2) is 5.12. The molecule has 2 nitrogen and oxygen atoms in total. The minimum atomic E-state index is -0.389. The third kappa shape index (κ3) is 2.42. The average molecular weight is 260 g/mol. The minimum absolute atomic E-state index is 0.0811. The minimum Gasteiger partial charge on any atom is -0.487 e. The molecule has 0 saturated heterocycles. The Bertz CT molecular complexity index is 482. The molecule has 94 valence electrons. The lowest BCUT2D eigenvalue weighted by atomic mass is 10.0. The number of aliphatic hydroxyl groups is 1. The van der Waals surface area contributed by atoms with E-state index in [1.54, 1.807) is 11.3 Å². The van der Waals surface area contributed by atoms with Crippen LogP contribution in [0.3, 0.4) is 0 Å². The molecule has 0 saturated carbocycles. The predicted octanol–water partition coefficient (Wildman–Crippen LogP) is 3.05. The van der Waals surface area contributed by atoms with Gasteiger partial charge in [-0.1, -0.05) is 24.3 Å². The molecule has 0 spiro atoms. The molecule has 1 N–H and O–H groups in total. The van der Waals surface area contributed by atoms with Crippen molar-refractivity contribution >= 4 is 11.3 Å². The van der Waals surface area contributed by atoms with Crippen molar-refractivity contribution in [1.82, 2.24) is 0 Å². The van der Waals surface area contributed by atoms with Gasteiger partial charge in [0, 0.05) is 11.3 Å². The van der Waals surface area contributed by atoms with Crippen molar-refractivity contribution in [3.8, 4) is 5.75 Å². The highest BCUT2D eigenvalue weighted by molar-refractivity contribution is 7.09. The molecule has 1 aromatic carbocycles. The van der Waals surface area contributed by atoms with Crippen LogP contribution < -0.4 is 4.74 Å². The van der Waals surface area contributed by atoms with Crippen LogP contribution in [0.25, 0.3) is 0 Å². The normalized spacial score (nSPS) is 19.3.